The van der Waals surface area contributed by atoms with Crippen LogP contribution in [0.3, 0.4) is 0 Å². The second-order valence-electron chi connectivity index (χ2n) is 6.93. The molecule has 1 aliphatic rings. The number of ether oxygens (including phenoxy) is 1. The number of hydrogen-bond acceptors (Lipinski definition) is 3. The van der Waals surface area contributed by atoms with Crippen molar-refractivity contribution in [2.45, 2.75) is 40.0 Å². The molecule has 1 amide bonds. The van der Waals surface area contributed by atoms with Gasteiger partial charge in [0.05, 0.1) is 6.61 Å². The molecule has 2 aromatic rings. The summed E-state index contributed by atoms with van der Waals surface area (Å²) < 4.78 is 18.4. The smallest absolute Gasteiger partial charge is 0.407 e. The maximum Gasteiger partial charge on any atom is 0.407 e. The lowest BCUT2D eigenvalue weighted by Crippen LogP contribution is -2.31. The monoisotopic (exact) mass is 377 g/mol. The molecule has 2 unspecified atom stereocenters. The second-order valence-corrected chi connectivity index (χ2v) is 6.93. The number of H-pyrrole nitrogens is 1. The van der Waals surface area contributed by atoms with Gasteiger partial charge < -0.3 is 19.9 Å². The zero-order valence-corrected chi connectivity index (χ0v) is 15.6. The van der Waals surface area contributed by atoms with E-state index in [1.165, 1.54) is 11.6 Å². The zero-order chi connectivity index (χ0) is 18.5. The van der Waals surface area contributed by atoms with Crippen molar-refractivity contribution in [3.8, 4) is 0 Å². The Kier molecular flexibility index (Phi) is 7.66. The molecule has 1 aliphatic carbocycles. The molecule has 150 valence electrons. The van der Waals surface area contributed by atoms with Crippen molar-refractivity contribution >= 4 is 17.0 Å². The lowest BCUT2D eigenvalue weighted by Gasteiger charge is -2.20. The SMILES string of the molecule is C.CCOC(=O)NCCCN(CC)CC1CC1c1c[nH]c2ccc(F)cc12. The van der Waals surface area contributed by atoms with Crippen LogP contribution in [0, 0.1) is 11.7 Å². The second kappa shape index (κ2) is 9.74. The number of hydrogen-bond donors (Lipinski definition) is 2. The van der Waals surface area contributed by atoms with Gasteiger partial charge in [0.15, 0.2) is 0 Å². The standard InChI is InChI=1S/C20H28FN3O2.CH4/c1-3-24(9-5-8-22-20(25)26-4-2)13-14-10-16(14)18-12-23-19-7-6-15(21)11-17(18)19;/h6-7,11-12,14,16,23H,3-5,8-10,13H2,1-2H3,(H,22,25);1H4. The van der Waals surface area contributed by atoms with Gasteiger partial charge in [0.25, 0.3) is 0 Å². The van der Waals surface area contributed by atoms with E-state index in [0.29, 0.717) is 25.0 Å². The average molecular weight is 378 g/mol. The molecule has 5 nitrogen and oxygen atoms in total. The van der Waals surface area contributed by atoms with Crippen molar-refractivity contribution < 1.29 is 13.9 Å². The predicted octanol–water partition coefficient (Wildman–Crippen LogP) is 4.50. The van der Waals surface area contributed by atoms with Crippen molar-refractivity contribution in [3.05, 3.63) is 35.8 Å². The summed E-state index contributed by atoms with van der Waals surface area (Å²) in [5, 5.41) is 3.77. The van der Waals surface area contributed by atoms with Crippen molar-refractivity contribution in [1.29, 1.82) is 0 Å². The quantitative estimate of drug-likeness (QED) is 0.633. The number of halogens is 1. The van der Waals surface area contributed by atoms with E-state index in [9.17, 15) is 9.18 Å². The third-order valence-corrected chi connectivity index (χ3v) is 5.13. The van der Waals surface area contributed by atoms with Crippen molar-refractivity contribution in [2.24, 2.45) is 5.92 Å². The number of aromatic nitrogens is 1. The van der Waals surface area contributed by atoms with Crippen LogP contribution in [0.2, 0.25) is 0 Å². The Labute approximate surface area is 161 Å². The number of carbonyl (C=O) groups excluding carboxylic acids is 1. The highest BCUT2D eigenvalue weighted by Crippen LogP contribution is 2.49. The number of aromatic amines is 1. The molecular formula is C21H32FN3O2. The number of benzene rings is 1. The molecule has 0 radical (unpaired) electrons. The lowest BCUT2D eigenvalue weighted by atomic mass is 10.1. The highest BCUT2D eigenvalue weighted by atomic mass is 19.1. The molecule has 1 aromatic carbocycles. The first kappa shape index (κ1) is 21.2. The molecule has 0 bridgehead atoms. The Morgan fingerprint density at radius 3 is 2.96 bits per heavy atom. The van der Waals surface area contributed by atoms with Gasteiger partial charge in [-0.05, 0) is 68.5 Å². The van der Waals surface area contributed by atoms with E-state index in [1.807, 2.05) is 6.20 Å². The van der Waals surface area contributed by atoms with Gasteiger partial charge in [-0.2, -0.15) is 0 Å². The molecule has 0 spiro atoms. The van der Waals surface area contributed by atoms with Crippen LogP contribution in [0.25, 0.3) is 10.9 Å². The van der Waals surface area contributed by atoms with Crippen LogP contribution in [-0.4, -0.2) is 48.8 Å². The zero-order valence-electron chi connectivity index (χ0n) is 15.6. The average Bonchev–Trinajstić information content (AvgIpc) is 3.26. The summed E-state index contributed by atoms with van der Waals surface area (Å²) in [6, 6.07) is 4.94. The van der Waals surface area contributed by atoms with Gasteiger partial charge >= 0.3 is 6.09 Å². The van der Waals surface area contributed by atoms with Gasteiger partial charge in [0, 0.05) is 30.2 Å². The number of rotatable bonds is 9. The summed E-state index contributed by atoms with van der Waals surface area (Å²) in [5.74, 6) is 0.951. The summed E-state index contributed by atoms with van der Waals surface area (Å²) in [7, 11) is 0. The minimum Gasteiger partial charge on any atom is -0.450 e. The van der Waals surface area contributed by atoms with Crippen LogP contribution in [0.5, 0.6) is 0 Å². The van der Waals surface area contributed by atoms with Gasteiger partial charge in [-0.25, -0.2) is 9.18 Å². The van der Waals surface area contributed by atoms with Gasteiger partial charge in [-0.15, -0.1) is 0 Å². The van der Waals surface area contributed by atoms with Crippen LogP contribution in [-0.2, 0) is 4.74 Å². The molecule has 0 aliphatic heterocycles. The molecule has 6 heteroatoms. The summed E-state index contributed by atoms with van der Waals surface area (Å²) in [4.78, 5) is 17.0. The molecule has 2 N–H and O–H groups in total. The van der Waals surface area contributed by atoms with Gasteiger partial charge in [-0.1, -0.05) is 14.4 Å². The largest absolute Gasteiger partial charge is 0.450 e. The maximum atomic E-state index is 13.6. The summed E-state index contributed by atoms with van der Waals surface area (Å²) in [6.45, 7) is 7.98. The Bertz CT molecular complexity index is 746. The third kappa shape index (κ3) is 5.45. The normalized spacial score (nSPS) is 18.4. The van der Waals surface area contributed by atoms with Crippen LogP contribution >= 0.6 is 0 Å². The van der Waals surface area contributed by atoms with Crippen LogP contribution in [0.15, 0.2) is 24.4 Å². The predicted molar refractivity (Wildman–Crippen MR) is 108 cm³/mol. The number of alkyl carbamates (subject to hydrolysis) is 1. The molecule has 27 heavy (non-hydrogen) atoms. The van der Waals surface area contributed by atoms with Crippen molar-refractivity contribution in [3.63, 3.8) is 0 Å². The number of carbonyl (C=O) groups is 1. The van der Waals surface area contributed by atoms with Crippen LogP contribution in [0.1, 0.15) is 45.6 Å². The van der Waals surface area contributed by atoms with E-state index in [2.05, 4.69) is 22.1 Å². The van der Waals surface area contributed by atoms with Crippen LogP contribution in [0.4, 0.5) is 9.18 Å². The molecular weight excluding hydrogens is 345 g/mol. The highest BCUT2D eigenvalue weighted by molar-refractivity contribution is 5.84. The van der Waals surface area contributed by atoms with Gasteiger partial charge in [0.1, 0.15) is 5.82 Å². The number of fused-ring (bicyclic) bond motifs is 1. The third-order valence-electron chi connectivity index (χ3n) is 5.13. The Morgan fingerprint density at radius 2 is 2.22 bits per heavy atom. The van der Waals surface area contributed by atoms with Gasteiger partial charge in [-0.3, -0.25) is 0 Å². The molecule has 2 atom stereocenters. The van der Waals surface area contributed by atoms with Gasteiger partial charge in [0.2, 0.25) is 0 Å². The fourth-order valence-electron chi connectivity index (χ4n) is 3.64. The Morgan fingerprint density at radius 1 is 1.41 bits per heavy atom. The van der Waals surface area contributed by atoms with E-state index in [4.69, 9.17) is 4.74 Å². The fourth-order valence-corrected chi connectivity index (χ4v) is 3.64. The Balaban J connectivity index is 0.00000261. The molecule has 1 saturated carbocycles. The number of amides is 1. The summed E-state index contributed by atoms with van der Waals surface area (Å²) in [6.07, 6.45) is 3.75. The first-order valence-corrected chi connectivity index (χ1v) is 9.51. The first-order chi connectivity index (χ1) is 12.6. The van der Waals surface area contributed by atoms with E-state index < -0.39 is 0 Å². The first-order valence-electron chi connectivity index (χ1n) is 9.51. The summed E-state index contributed by atoms with van der Waals surface area (Å²) >= 11 is 0. The van der Waals surface area contributed by atoms with E-state index in [1.54, 1.807) is 19.1 Å². The molecule has 3 rings (SSSR count). The fraction of sp³-hybridized carbons (Fsp3) is 0.571. The number of nitrogens with zero attached hydrogens (tertiary/aromatic N) is 1. The molecule has 1 heterocycles. The van der Waals surface area contributed by atoms with Crippen molar-refractivity contribution in [1.82, 2.24) is 15.2 Å². The van der Waals surface area contributed by atoms with E-state index in [0.717, 1.165) is 43.4 Å². The highest BCUT2D eigenvalue weighted by Gasteiger charge is 2.40. The minimum absolute atomic E-state index is 0. The minimum atomic E-state index is -0.343. The lowest BCUT2D eigenvalue weighted by molar-refractivity contribution is 0.151. The Hall–Kier alpha value is -2.08. The number of nitrogens with one attached hydrogen (secondary N) is 2. The molecule has 1 aromatic heterocycles. The topological polar surface area (TPSA) is 57.4 Å². The van der Waals surface area contributed by atoms with E-state index in [-0.39, 0.29) is 19.3 Å². The summed E-state index contributed by atoms with van der Waals surface area (Å²) in [5.41, 5.74) is 2.24. The molecule has 0 saturated heterocycles. The maximum absolute atomic E-state index is 13.6. The molecule has 1 fully saturated rings. The van der Waals surface area contributed by atoms with Crippen molar-refractivity contribution in [2.75, 3.05) is 32.8 Å². The van der Waals surface area contributed by atoms with Crippen LogP contribution < -0.4 is 5.32 Å². The van der Waals surface area contributed by atoms with E-state index >= 15 is 0 Å².